The normalized spacial score (nSPS) is 18.3. The molecular weight excluding hydrogens is 280 g/mol. The van der Waals surface area contributed by atoms with Crippen molar-refractivity contribution in [2.24, 2.45) is 0 Å². The van der Waals surface area contributed by atoms with Gasteiger partial charge in [-0.25, -0.2) is 0 Å². The Kier molecular flexibility index (Phi) is 10.9. The summed E-state index contributed by atoms with van der Waals surface area (Å²) in [4.78, 5) is 10.4. The summed E-state index contributed by atoms with van der Waals surface area (Å²) in [5, 5.41) is 28.7. The van der Waals surface area contributed by atoms with Crippen molar-refractivity contribution >= 4 is 6.29 Å². The van der Waals surface area contributed by atoms with Gasteiger partial charge in [0.05, 0.1) is 18.3 Å². The van der Waals surface area contributed by atoms with Crippen molar-refractivity contribution in [2.75, 3.05) is 0 Å². The topological polar surface area (TPSA) is 77.8 Å². The molecule has 0 aromatic rings. The Morgan fingerprint density at radius 3 is 2.32 bits per heavy atom. The first kappa shape index (κ1) is 20.2. The third-order valence-electron chi connectivity index (χ3n) is 2.80. The summed E-state index contributed by atoms with van der Waals surface area (Å²) in [6, 6.07) is 0. The molecule has 0 aromatic heterocycles. The molecule has 22 heavy (non-hydrogen) atoms. The van der Waals surface area contributed by atoms with E-state index in [0.717, 1.165) is 11.1 Å². The van der Waals surface area contributed by atoms with E-state index in [1.165, 1.54) is 12.2 Å². The standard InChI is InChI=1S/C18H26O4/c1-4-5-7-16(8-6-11-19)10-9-14(2)12-17(21)18(22)13-15(3)20/h4-12,15,17-18,20-22H,13H2,1-3H3/b5-4-,8-6+,10-9+,14-12+,16-7+. The first-order valence-corrected chi connectivity index (χ1v) is 7.26. The molecule has 0 fully saturated rings. The summed E-state index contributed by atoms with van der Waals surface area (Å²) < 4.78 is 0. The van der Waals surface area contributed by atoms with Gasteiger partial charge < -0.3 is 15.3 Å². The number of hydrogen-bond donors (Lipinski definition) is 3. The maximum absolute atomic E-state index is 10.4. The van der Waals surface area contributed by atoms with E-state index in [9.17, 15) is 20.1 Å². The lowest BCUT2D eigenvalue weighted by atomic mass is 10.0. The molecule has 0 aliphatic heterocycles. The van der Waals surface area contributed by atoms with Crippen LogP contribution < -0.4 is 0 Å². The molecule has 0 saturated carbocycles. The number of carbonyl (C=O) groups excluding carboxylic acids is 1. The van der Waals surface area contributed by atoms with E-state index in [2.05, 4.69) is 0 Å². The van der Waals surface area contributed by atoms with Gasteiger partial charge in [0.15, 0.2) is 0 Å². The van der Waals surface area contributed by atoms with Crippen molar-refractivity contribution in [3.63, 3.8) is 0 Å². The van der Waals surface area contributed by atoms with Crippen LogP contribution in [0.2, 0.25) is 0 Å². The van der Waals surface area contributed by atoms with E-state index < -0.39 is 18.3 Å². The number of aliphatic hydroxyl groups excluding tert-OH is 3. The average molecular weight is 306 g/mol. The van der Waals surface area contributed by atoms with Crippen LogP contribution in [-0.4, -0.2) is 39.9 Å². The Hall–Kier alpha value is -1.75. The smallest absolute Gasteiger partial charge is 0.142 e. The van der Waals surface area contributed by atoms with E-state index >= 15 is 0 Å². The summed E-state index contributed by atoms with van der Waals surface area (Å²) in [6.07, 6.45) is 11.9. The van der Waals surface area contributed by atoms with Crippen LogP contribution in [0.5, 0.6) is 0 Å². The largest absolute Gasteiger partial charge is 0.393 e. The molecule has 4 nitrogen and oxygen atoms in total. The molecule has 3 N–H and O–H groups in total. The number of rotatable bonds is 9. The van der Waals surface area contributed by atoms with Gasteiger partial charge in [0.2, 0.25) is 0 Å². The molecule has 0 heterocycles. The lowest BCUT2D eigenvalue weighted by Crippen LogP contribution is -2.27. The minimum Gasteiger partial charge on any atom is -0.393 e. The van der Waals surface area contributed by atoms with Crippen molar-refractivity contribution in [3.8, 4) is 0 Å². The summed E-state index contributed by atoms with van der Waals surface area (Å²) in [5.41, 5.74) is 1.60. The molecule has 0 radical (unpaired) electrons. The molecule has 0 aromatic carbocycles. The van der Waals surface area contributed by atoms with Crippen molar-refractivity contribution in [1.82, 2.24) is 0 Å². The summed E-state index contributed by atoms with van der Waals surface area (Å²) in [6.45, 7) is 5.25. The Balaban J connectivity index is 4.89. The molecule has 0 aliphatic rings. The van der Waals surface area contributed by atoms with Crippen molar-refractivity contribution in [2.45, 2.75) is 45.5 Å². The number of carbonyl (C=O) groups is 1. The van der Waals surface area contributed by atoms with Gasteiger partial charge >= 0.3 is 0 Å². The van der Waals surface area contributed by atoms with Gasteiger partial charge in [-0.3, -0.25) is 4.79 Å². The van der Waals surface area contributed by atoms with Gasteiger partial charge in [-0.15, -0.1) is 0 Å². The molecular formula is C18H26O4. The number of aliphatic hydroxyl groups is 3. The van der Waals surface area contributed by atoms with Crippen LogP contribution >= 0.6 is 0 Å². The van der Waals surface area contributed by atoms with Gasteiger partial charge in [0.25, 0.3) is 0 Å². The second-order valence-corrected chi connectivity index (χ2v) is 5.07. The fourth-order valence-corrected chi connectivity index (χ4v) is 1.68. The van der Waals surface area contributed by atoms with Gasteiger partial charge in [0.1, 0.15) is 6.29 Å². The maximum Gasteiger partial charge on any atom is 0.142 e. The Morgan fingerprint density at radius 2 is 1.77 bits per heavy atom. The van der Waals surface area contributed by atoms with Crippen LogP contribution in [0, 0.1) is 0 Å². The Bertz CT molecular complexity index is 467. The highest BCUT2D eigenvalue weighted by Crippen LogP contribution is 2.09. The fourth-order valence-electron chi connectivity index (χ4n) is 1.68. The number of aldehydes is 1. The van der Waals surface area contributed by atoms with E-state index in [1.807, 2.05) is 25.2 Å². The van der Waals surface area contributed by atoms with E-state index in [4.69, 9.17) is 0 Å². The summed E-state index contributed by atoms with van der Waals surface area (Å²) in [7, 11) is 0. The van der Waals surface area contributed by atoms with Crippen LogP contribution in [0.1, 0.15) is 27.2 Å². The first-order chi connectivity index (χ1) is 10.4. The molecule has 0 saturated heterocycles. The second-order valence-electron chi connectivity index (χ2n) is 5.07. The zero-order chi connectivity index (χ0) is 17.0. The van der Waals surface area contributed by atoms with Gasteiger partial charge in [-0.1, -0.05) is 48.1 Å². The average Bonchev–Trinajstić information content (AvgIpc) is 2.45. The highest BCUT2D eigenvalue weighted by molar-refractivity contribution is 5.66. The number of allylic oxidation sites excluding steroid dienone is 9. The molecule has 122 valence electrons. The maximum atomic E-state index is 10.4. The van der Waals surface area contributed by atoms with Gasteiger partial charge in [0, 0.05) is 6.42 Å². The van der Waals surface area contributed by atoms with Gasteiger partial charge in [-0.05, 0) is 32.4 Å². The molecule has 0 rings (SSSR count). The van der Waals surface area contributed by atoms with Gasteiger partial charge in [-0.2, -0.15) is 0 Å². The predicted octanol–water partition coefficient (Wildman–Crippen LogP) is 2.24. The Morgan fingerprint density at radius 1 is 1.09 bits per heavy atom. The van der Waals surface area contributed by atoms with Crippen molar-refractivity contribution in [3.05, 3.63) is 59.8 Å². The second kappa shape index (κ2) is 11.9. The molecule has 0 amide bonds. The zero-order valence-corrected chi connectivity index (χ0v) is 13.4. The summed E-state index contributed by atoms with van der Waals surface area (Å²) >= 11 is 0. The molecule has 0 spiro atoms. The van der Waals surface area contributed by atoms with E-state index in [1.54, 1.807) is 32.1 Å². The lowest BCUT2D eigenvalue weighted by molar-refractivity contribution is -0.104. The zero-order valence-electron chi connectivity index (χ0n) is 13.4. The predicted molar refractivity (Wildman–Crippen MR) is 89.3 cm³/mol. The molecule has 4 heteroatoms. The molecule has 0 aliphatic carbocycles. The minimum atomic E-state index is -1.03. The van der Waals surface area contributed by atoms with Crippen LogP contribution in [-0.2, 0) is 4.79 Å². The number of hydrogen-bond acceptors (Lipinski definition) is 4. The monoisotopic (exact) mass is 306 g/mol. The van der Waals surface area contributed by atoms with Crippen LogP contribution in [0.4, 0.5) is 0 Å². The SMILES string of the molecule is C\C=C/C=C(\C=C\C=O)/C=C/C(C)=C/C(O)C(O)CC(C)O. The third kappa shape index (κ3) is 10.0. The molecule has 3 atom stereocenters. The lowest BCUT2D eigenvalue weighted by Gasteiger charge is -2.16. The highest BCUT2D eigenvalue weighted by atomic mass is 16.3. The van der Waals surface area contributed by atoms with Crippen LogP contribution in [0.25, 0.3) is 0 Å². The Labute approximate surface area is 132 Å². The van der Waals surface area contributed by atoms with Crippen LogP contribution in [0.3, 0.4) is 0 Å². The van der Waals surface area contributed by atoms with E-state index in [-0.39, 0.29) is 6.42 Å². The van der Waals surface area contributed by atoms with Crippen molar-refractivity contribution < 1.29 is 20.1 Å². The first-order valence-electron chi connectivity index (χ1n) is 7.26. The quantitative estimate of drug-likeness (QED) is 0.347. The molecule has 3 unspecified atom stereocenters. The van der Waals surface area contributed by atoms with Crippen molar-refractivity contribution in [1.29, 1.82) is 0 Å². The van der Waals surface area contributed by atoms with Crippen LogP contribution in [0.15, 0.2) is 59.8 Å². The minimum absolute atomic E-state index is 0.114. The molecule has 0 bridgehead atoms. The highest BCUT2D eigenvalue weighted by Gasteiger charge is 2.15. The van der Waals surface area contributed by atoms with E-state index in [0.29, 0.717) is 6.29 Å². The summed E-state index contributed by atoms with van der Waals surface area (Å²) in [5.74, 6) is 0. The third-order valence-corrected chi connectivity index (χ3v) is 2.80. The fraction of sp³-hybridized carbons (Fsp3) is 0.389.